The topological polar surface area (TPSA) is 51.5 Å². The molecule has 3 rings (SSSR count). The van der Waals surface area contributed by atoms with Crippen LogP contribution in [0, 0.1) is 13.8 Å². The van der Waals surface area contributed by atoms with E-state index in [2.05, 4.69) is 41.3 Å². The van der Waals surface area contributed by atoms with Crippen molar-refractivity contribution in [3.8, 4) is 5.75 Å². The fraction of sp³-hybridized carbons (Fsp3) is 0.550. The molecule has 2 aromatic rings. The number of ether oxygens (including phenoxy) is 2. The molecule has 0 aliphatic carbocycles. The molecule has 1 N–H and O–H groups in total. The zero-order chi connectivity index (χ0) is 18.5. The number of nitrogens with zero attached hydrogens (tertiary/aromatic N) is 3. The van der Waals surface area contributed by atoms with Gasteiger partial charge in [0, 0.05) is 50.5 Å². The summed E-state index contributed by atoms with van der Waals surface area (Å²) in [6.45, 7) is 9.45. The van der Waals surface area contributed by atoms with Gasteiger partial charge in [-0.1, -0.05) is 12.1 Å². The lowest BCUT2D eigenvalue weighted by atomic mass is 10.0. The lowest BCUT2D eigenvalue weighted by Gasteiger charge is -2.35. The van der Waals surface area contributed by atoms with Crippen LogP contribution < -0.4 is 10.1 Å². The summed E-state index contributed by atoms with van der Waals surface area (Å²) in [7, 11) is 3.70. The molecule has 1 aliphatic heterocycles. The van der Waals surface area contributed by atoms with E-state index in [1.807, 2.05) is 23.9 Å². The first-order valence-corrected chi connectivity index (χ1v) is 9.25. The van der Waals surface area contributed by atoms with Crippen LogP contribution >= 0.6 is 0 Å². The highest BCUT2D eigenvalue weighted by molar-refractivity contribution is 5.30. The number of methoxy groups -OCH3 is 1. The van der Waals surface area contributed by atoms with Crippen LogP contribution in [0.3, 0.4) is 0 Å². The second kappa shape index (κ2) is 8.66. The van der Waals surface area contributed by atoms with Crippen molar-refractivity contribution in [2.24, 2.45) is 7.05 Å². The summed E-state index contributed by atoms with van der Waals surface area (Å²) in [5.41, 5.74) is 4.93. The third-order valence-electron chi connectivity index (χ3n) is 5.29. The van der Waals surface area contributed by atoms with Crippen LogP contribution in [0.1, 0.15) is 28.6 Å². The third kappa shape index (κ3) is 4.26. The van der Waals surface area contributed by atoms with Gasteiger partial charge in [-0.3, -0.25) is 9.58 Å². The normalized spacial score (nSPS) is 16.6. The van der Waals surface area contributed by atoms with Crippen molar-refractivity contribution in [3.63, 3.8) is 0 Å². The molecule has 6 heteroatoms. The number of rotatable bonds is 7. The van der Waals surface area contributed by atoms with Crippen LogP contribution in [-0.4, -0.2) is 54.6 Å². The standard InChI is InChI=1S/C20H30N4O2/c1-15-19(16(2)23(3)22-15)13-21-14-20(24-9-11-26-12-10-24)17-5-7-18(25-4)8-6-17/h5-8,20-21H,9-14H2,1-4H3. The molecular formula is C20H30N4O2. The highest BCUT2D eigenvalue weighted by atomic mass is 16.5. The molecule has 1 unspecified atom stereocenters. The van der Waals surface area contributed by atoms with E-state index in [1.165, 1.54) is 16.8 Å². The monoisotopic (exact) mass is 358 g/mol. The molecule has 2 heterocycles. The molecule has 1 aliphatic rings. The summed E-state index contributed by atoms with van der Waals surface area (Å²) < 4.78 is 12.8. The largest absolute Gasteiger partial charge is 0.497 e. The molecule has 1 aromatic heterocycles. The van der Waals surface area contributed by atoms with Crippen LogP contribution in [0.5, 0.6) is 5.75 Å². The van der Waals surface area contributed by atoms with E-state index < -0.39 is 0 Å². The van der Waals surface area contributed by atoms with E-state index in [9.17, 15) is 0 Å². The molecule has 1 saturated heterocycles. The molecule has 0 bridgehead atoms. The maximum Gasteiger partial charge on any atom is 0.118 e. The van der Waals surface area contributed by atoms with Gasteiger partial charge in [0.1, 0.15) is 5.75 Å². The van der Waals surface area contributed by atoms with Gasteiger partial charge in [0.15, 0.2) is 0 Å². The Morgan fingerprint density at radius 2 is 1.88 bits per heavy atom. The molecular weight excluding hydrogens is 328 g/mol. The number of hydrogen-bond donors (Lipinski definition) is 1. The molecule has 6 nitrogen and oxygen atoms in total. The van der Waals surface area contributed by atoms with Gasteiger partial charge >= 0.3 is 0 Å². The Morgan fingerprint density at radius 1 is 1.19 bits per heavy atom. The van der Waals surface area contributed by atoms with E-state index >= 15 is 0 Å². The number of aromatic nitrogens is 2. The zero-order valence-electron chi connectivity index (χ0n) is 16.3. The first-order chi connectivity index (χ1) is 12.6. The minimum Gasteiger partial charge on any atom is -0.497 e. The van der Waals surface area contributed by atoms with Gasteiger partial charge in [-0.2, -0.15) is 5.10 Å². The van der Waals surface area contributed by atoms with Gasteiger partial charge in [-0.15, -0.1) is 0 Å². The maximum atomic E-state index is 5.54. The summed E-state index contributed by atoms with van der Waals surface area (Å²) in [6.07, 6.45) is 0. The van der Waals surface area contributed by atoms with Crippen molar-refractivity contribution in [1.82, 2.24) is 20.0 Å². The van der Waals surface area contributed by atoms with Gasteiger partial charge in [-0.25, -0.2) is 0 Å². The zero-order valence-corrected chi connectivity index (χ0v) is 16.3. The smallest absolute Gasteiger partial charge is 0.118 e. The van der Waals surface area contributed by atoms with Crippen LogP contribution in [0.25, 0.3) is 0 Å². The van der Waals surface area contributed by atoms with Crippen LogP contribution in [0.15, 0.2) is 24.3 Å². The molecule has 0 spiro atoms. The van der Waals surface area contributed by atoms with Crippen molar-refractivity contribution < 1.29 is 9.47 Å². The maximum absolute atomic E-state index is 5.54. The lowest BCUT2D eigenvalue weighted by molar-refractivity contribution is 0.0161. The minimum atomic E-state index is 0.321. The van der Waals surface area contributed by atoms with Crippen molar-refractivity contribution in [2.75, 3.05) is 40.0 Å². The molecule has 26 heavy (non-hydrogen) atoms. The van der Waals surface area contributed by atoms with E-state index in [0.717, 1.165) is 50.8 Å². The minimum absolute atomic E-state index is 0.321. The van der Waals surface area contributed by atoms with Crippen molar-refractivity contribution in [2.45, 2.75) is 26.4 Å². The summed E-state index contributed by atoms with van der Waals surface area (Å²) in [5.74, 6) is 0.893. The Bertz CT molecular complexity index is 705. The number of nitrogens with one attached hydrogen (secondary N) is 1. The Kier molecular flexibility index (Phi) is 6.29. The van der Waals surface area contributed by atoms with E-state index in [-0.39, 0.29) is 0 Å². The van der Waals surface area contributed by atoms with Gasteiger partial charge in [0.05, 0.1) is 26.0 Å². The second-order valence-electron chi connectivity index (χ2n) is 6.84. The lowest BCUT2D eigenvalue weighted by Crippen LogP contribution is -2.42. The number of morpholine rings is 1. The van der Waals surface area contributed by atoms with E-state index in [1.54, 1.807) is 7.11 Å². The van der Waals surface area contributed by atoms with E-state index in [0.29, 0.717) is 6.04 Å². The average molecular weight is 358 g/mol. The molecule has 1 aromatic carbocycles. The first kappa shape index (κ1) is 18.9. The number of benzene rings is 1. The Balaban J connectivity index is 1.70. The highest BCUT2D eigenvalue weighted by Crippen LogP contribution is 2.24. The van der Waals surface area contributed by atoms with Gasteiger partial charge < -0.3 is 14.8 Å². The highest BCUT2D eigenvalue weighted by Gasteiger charge is 2.22. The Morgan fingerprint density at radius 3 is 2.46 bits per heavy atom. The molecule has 0 amide bonds. The van der Waals surface area contributed by atoms with Crippen molar-refractivity contribution >= 4 is 0 Å². The quantitative estimate of drug-likeness (QED) is 0.822. The first-order valence-electron chi connectivity index (χ1n) is 9.25. The molecule has 1 fully saturated rings. The third-order valence-corrected chi connectivity index (χ3v) is 5.29. The van der Waals surface area contributed by atoms with Crippen LogP contribution in [-0.2, 0) is 18.3 Å². The van der Waals surface area contributed by atoms with Crippen LogP contribution in [0.2, 0.25) is 0 Å². The number of hydrogen-bond acceptors (Lipinski definition) is 5. The molecule has 0 saturated carbocycles. The fourth-order valence-electron chi connectivity index (χ4n) is 3.58. The number of aryl methyl sites for hydroxylation is 2. The van der Waals surface area contributed by atoms with Crippen molar-refractivity contribution in [1.29, 1.82) is 0 Å². The predicted molar refractivity (Wildman–Crippen MR) is 103 cm³/mol. The van der Waals surface area contributed by atoms with Crippen molar-refractivity contribution in [3.05, 3.63) is 46.8 Å². The average Bonchev–Trinajstić information content (AvgIpc) is 2.92. The SMILES string of the molecule is COc1ccc(C(CNCc2c(C)nn(C)c2C)N2CCOCC2)cc1. The van der Waals surface area contributed by atoms with E-state index in [4.69, 9.17) is 9.47 Å². The molecule has 142 valence electrons. The summed E-state index contributed by atoms with van der Waals surface area (Å²) >= 11 is 0. The van der Waals surface area contributed by atoms with Crippen LogP contribution in [0.4, 0.5) is 0 Å². The molecule has 1 atom stereocenters. The molecule has 0 radical (unpaired) electrons. The summed E-state index contributed by atoms with van der Waals surface area (Å²) in [4.78, 5) is 2.50. The van der Waals surface area contributed by atoms with Gasteiger partial charge in [0.2, 0.25) is 0 Å². The predicted octanol–water partition coefficient (Wildman–Crippen LogP) is 2.21. The summed E-state index contributed by atoms with van der Waals surface area (Å²) in [6, 6.07) is 8.74. The fourth-order valence-corrected chi connectivity index (χ4v) is 3.58. The van der Waals surface area contributed by atoms with Gasteiger partial charge in [0.25, 0.3) is 0 Å². The second-order valence-corrected chi connectivity index (χ2v) is 6.84. The summed E-state index contributed by atoms with van der Waals surface area (Å²) in [5, 5.41) is 8.17. The Labute approximate surface area is 156 Å². The van der Waals surface area contributed by atoms with Gasteiger partial charge in [-0.05, 0) is 31.5 Å². The Hall–Kier alpha value is -1.89.